The summed E-state index contributed by atoms with van der Waals surface area (Å²) in [5, 5.41) is 16.1. The third kappa shape index (κ3) is 5.21. The maximum atomic E-state index is 11.7. The number of aliphatic hydroxyl groups excluding tert-OH is 1. The highest BCUT2D eigenvalue weighted by Gasteiger charge is 2.11. The summed E-state index contributed by atoms with van der Waals surface area (Å²) >= 11 is 1.65. The molecule has 1 amide bonds. The molecule has 0 aromatic carbocycles. The molecule has 0 unspecified atom stereocenters. The van der Waals surface area contributed by atoms with Gasteiger partial charge in [-0.1, -0.05) is 0 Å². The largest absolute Gasteiger partial charge is 0.465 e. The monoisotopic (exact) mass is 305 g/mol. The molecule has 1 atom stereocenters. The van der Waals surface area contributed by atoms with Crippen LogP contribution < -0.4 is 5.32 Å². The molecule has 21 heavy (non-hydrogen) atoms. The van der Waals surface area contributed by atoms with Crippen LogP contribution in [0.5, 0.6) is 0 Å². The highest BCUT2D eigenvalue weighted by atomic mass is 32.1. The fourth-order valence-electron chi connectivity index (χ4n) is 2.11. The van der Waals surface area contributed by atoms with Crippen LogP contribution in [0.1, 0.15) is 30.1 Å². The Morgan fingerprint density at radius 3 is 3.00 bits per heavy atom. The summed E-state index contributed by atoms with van der Waals surface area (Å²) in [6, 6.07) is 5.64. The Morgan fingerprint density at radius 2 is 2.33 bits per heavy atom. The van der Waals surface area contributed by atoms with E-state index >= 15 is 0 Å². The molecule has 0 spiro atoms. The molecule has 2 N–H and O–H groups in total. The minimum atomic E-state index is -0.139. The van der Waals surface area contributed by atoms with Crippen LogP contribution >= 0.6 is 11.3 Å². The minimum absolute atomic E-state index is 0.139. The number of amides is 1. The molecule has 4 nitrogen and oxygen atoms in total. The van der Waals surface area contributed by atoms with Crippen molar-refractivity contribution in [3.05, 3.63) is 52.6 Å². The molecular formula is C16H19NO3S. The average molecular weight is 305 g/mol. The van der Waals surface area contributed by atoms with E-state index in [1.54, 1.807) is 35.8 Å². The van der Waals surface area contributed by atoms with Gasteiger partial charge in [-0.2, -0.15) is 11.3 Å². The van der Waals surface area contributed by atoms with Crippen molar-refractivity contribution in [1.29, 1.82) is 0 Å². The summed E-state index contributed by atoms with van der Waals surface area (Å²) in [6.07, 6.45) is 6.20. The molecule has 0 aliphatic heterocycles. The Bertz CT molecular complexity index is 546. The lowest BCUT2D eigenvalue weighted by Crippen LogP contribution is -2.23. The van der Waals surface area contributed by atoms with Gasteiger partial charge in [-0.25, -0.2) is 0 Å². The fraction of sp³-hybridized carbons (Fsp3) is 0.312. The molecule has 2 aromatic heterocycles. The van der Waals surface area contributed by atoms with E-state index in [-0.39, 0.29) is 18.4 Å². The highest BCUT2D eigenvalue weighted by Crippen LogP contribution is 2.24. The number of thiophene rings is 1. The van der Waals surface area contributed by atoms with Gasteiger partial charge in [0.15, 0.2) is 0 Å². The molecule has 2 aromatic rings. The number of aliphatic hydroxyl groups is 1. The first-order valence-electron chi connectivity index (χ1n) is 6.92. The van der Waals surface area contributed by atoms with Crippen molar-refractivity contribution < 1.29 is 14.3 Å². The van der Waals surface area contributed by atoms with Crippen molar-refractivity contribution in [2.24, 2.45) is 0 Å². The number of furan rings is 1. The van der Waals surface area contributed by atoms with Gasteiger partial charge in [-0.15, -0.1) is 0 Å². The lowest BCUT2D eigenvalue weighted by Gasteiger charge is -2.14. The minimum Gasteiger partial charge on any atom is -0.465 e. The van der Waals surface area contributed by atoms with Crippen molar-refractivity contribution >= 4 is 23.3 Å². The van der Waals surface area contributed by atoms with E-state index in [0.29, 0.717) is 12.3 Å². The second-order valence-electron chi connectivity index (χ2n) is 4.69. The van der Waals surface area contributed by atoms with E-state index in [0.717, 1.165) is 12.8 Å². The molecule has 0 saturated carbocycles. The smallest absolute Gasteiger partial charge is 0.244 e. The Kier molecular flexibility index (Phi) is 6.24. The zero-order valence-corrected chi connectivity index (χ0v) is 12.5. The van der Waals surface area contributed by atoms with E-state index in [2.05, 4.69) is 16.8 Å². The number of hydrogen-bond acceptors (Lipinski definition) is 4. The maximum absolute atomic E-state index is 11.7. The summed E-state index contributed by atoms with van der Waals surface area (Å²) in [5.74, 6) is 0.802. The van der Waals surface area contributed by atoms with Crippen molar-refractivity contribution in [2.45, 2.75) is 18.8 Å². The lowest BCUT2D eigenvalue weighted by atomic mass is 9.95. The molecule has 0 bridgehead atoms. The second-order valence-corrected chi connectivity index (χ2v) is 5.47. The maximum Gasteiger partial charge on any atom is 0.244 e. The van der Waals surface area contributed by atoms with Gasteiger partial charge >= 0.3 is 0 Å². The first-order chi connectivity index (χ1) is 10.3. The molecule has 0 aliphatic carbocycles. The van der Waals surface area contributed by atoms with Crippen molar-refractivity contribution in [3.8, 4) is 0 Å². The van der Waals surface area contributed by atoms with Gasteiger partial charge in [0.2, 0.25) is 5.91 Å². The van der Waals surface area contributed by atoms with Gasteiger partial charge in [-0.3, -0.25) is 4.79 Å². The summed E-state index contributed by atoms with van der Waals surface area (Å²) in [5.41, 5.74) is 1.23. The van der Waals surface area contributed by atoms with Crippen LogP contribution in [-0.2, 0) is 4.79 Å². The molecule has 0 saturated heterocycles. The summed E-state index contributed by atoms with van der Waals surface area (Å²) < 4.78 is 5.11. The summed E-state index contributed by atoms with van der Waals surface area (Å²) in [6.45, 7) is 0.745. The molecule has 0 fully saturated rings. The van der Waals surface area contributed by atoms with Crippen LogP contribution in [0.3, 0.4) is 0 Å². The third-order valence-corrected chi connectivity index (χ3v) is 3.93. The predicted molar refractivity (Wildman–Crippen MR) is 84.1 cm³/mol. The van der Waals surface area contributed by atoms with Gasteiger partial charge in [-0.05, 0) is 59.4 Å². The number of rotatable bonds is 8. The average Bonchev–Trinajstić information content (AvgIpc) is 3.17. The Morgan fingerprint density at radius 1 is 1.43 bits per heavy atom. The van der Waals surface area contributed by atoms with E-state index in [1.807, 2.05) is 5.38 Å². The van der Waals surface area contributed by atoms with Crippen molar-refractivity contribution in [2.75, 3.05) is 13.2 Å². The van der Waals surface area contributed by atoms with E-state index in [4.69, 9.17) is 9.52 Å². The Labute approximate surface area is 128 Å². The van der Waals surface area contributed by atoms with Gasteiger partial charge in [0, 0.05) is 19.2 Å². The molecule has 5 heteroatoms. The fourth-order valence-corrected chi connectivity index (χ4v) is 2.86. The van der Waals surface area contributed by atoms with E-state index in [1.165, 1.54) is 11.6 Å². The molecule has 112 valence electrons. The topological polar surface area (TPSA) is 62.5 Å². The summed E-state index contributed by atoms with van der Waals surface area (Å²) in [7, 11) is 0. The van der Waals surface area contributed by atoms with E-state index in [9.17, 15) is 4.79 Å². The number of carbonyl (C=O) groups excluding carboxylic acids is 1. The number of hydrogen-bond donors (Lipinski definition) is 2. The quantitative estimate of drug-likeness (QED) is 0.737. The standard InChI is InChI=1S/C16H19NO3S/c18-9-6-13(14-7-11-21-12-14)5-8-17-16(19)4-3-15-2-1-10-20-15/h1-4,7,10-13,18H,5-6,8-9H2,(H,17,19)/b4-3+/t13-/m1/s1. The predicted octanol–water partition coefficient (Wildman–Crippen LogP) is 3.03. The first-order valence-corrected chi connectivity index (χ1v) is 7.86. The lowest BCUT2D eigenvalue weighted by molar-refractivity contribution is -0.116. The Hall–Kier alpha value is -1.85. The van der Waals surface area contributed by atoms with Crippen LogP contribution in [0.4, 0.5) is 0 Å². The highest BCUT2D eigenvalue weighted by molar-refractivity contribution is 7.07. The summed E-state index contributed by atoms with van der Waals surface area (Å²) in [4.78, 5) is 11.7. The van der Waals surface area contributed by atoms with Crippen molar-refractivity contribution in [3.63, 3.8) is 0 Å². The second kappa shape index (κ2) is 8.44. The van der Waals surface area contributed by atoms with Crippen LogP contribution in [0.25, 0.3) is 6.08 Å². The van der Waals surface area contributed by atoms with Gasteiger partial charge in [0.1, 0.15) is 5.76 Å². The molecule has 0 aliphatic rings. The van der Waals surface area contributed by atoms with Crippen LogP contribution in [0.15, 0.2) is 45.7 Å². The molecule has 0 radical (unpaired) electrons. The number of carbonyl (C=O) groups is 1. The zero-order chi connectivity index (χ0) is 14.9. The van der Waals surface area contributed by atoms with E-state index < -0.39 is 0 Å². The van der Waals surface area contributed by atoms with Crippen LogP contribution in [0, 0.1) is 0 Å². The zero-order valence-electron chi connectivity index (χ0n) is 11.7. The molecule has 2 rings (SSSR count). The van der Waals surface area contributed by atoms with Gasteiger partial charge in [0.25, 0.3) is 0 Å². The Balaban J connectivity index is 1.75. The van der Waals surface area contributed by atoms with Gasteiger partial charge < -0.3 is 14.8 Å². The molecule has 2 heterocycles. The normalized spacial score (nSPS) is 12.6. The first kappa shape index (κ1) is 15.5. The van der Waals surface area contributed by atoms with Crippen LogP contribution in [0.2, 0.25) is 0 Å². The SMILES string of the molecule is O=C(/C=C/c1ccco1)NCC[C@H](CCO)c1ccsc1. The van der Waals surface area contributed by atoms with Crippen molar-refractivity contribution in [1.82, 2.24) is 5.32 Å². The molecular weight excluding hydrogens is 286 g/mol. The van der Waals surface area contributed by atoms with Crippen LogP contribution in [-0.4, -0.2) is 24.2 Å². The van der Waals surface area contributed by atoms with Gasteiger partial charge in [0.05, 0.1) is 6.26 Å². The third-order valence-electron chi connectivity index (χ3n) is 3.23. The number of nitrogens with one attached hydrogen (secondary N) is 1.